The molecule has 0 aromatic rings. The lowest BCUT2D eigenvalue weighted by Gasteiger charge is -2.22. The Morgan fingerprint density at radius 2 is 1.78 bits per heavy atom. The Hall–Kier alpha value is -0.610. The fourth-order valence-electron chi connectivity index (χ4n) is 1.73. The Bertz CT molecular complexity index is 216. The van der Waals surface area contributed by atoms with Gasteiger partial charge in [0.15, 0.2) is 0 Å². The minimum absolute atomic E-state index is 0.0749. The van der Waals surface area contributed by atoms with Crippen molar-refractivity contribution in [2.24, 2.45) is 5.92 Å². The molecule has 108 valence electrons. The molecule has 0 saturated carbocycles. The molecule has 0 aromatic carbocycles. The third kappa shape index (κ3) is 7.67. The number of carbonyl (C=O) groups is 1. The highest BCUT2D eigenvalue weighted by atomic mass is 16.5. The first kappa shape index (κ1) is 17.4. The van der Waals surface area contributed by atoms with Crippen LogP contribution in [0.2, 0.25) is 0 Å². The second-order valence-corrected chi connectivity index (χ2v) is 4.97. The second-order valence-electron chi connectivity index (χ2n) is 4.97. The standard InChI is InChI=1S/C14H30N2O2/c1-6-12(7-2)16-14(17)9-15-13(11(4)5)10-18-8-3/h11-13,15H,6-10H2,1-5H3,(H,16,17). The van der Waals surface area contributed by atoms with Crippen molar-refractivity contribution in [1.82, 2.24) is 10.6 Å². The van der Waals surface area contributed by atoms with Crippen LogP contribution in [0, 0.1) is 5.92 Å². The molecule has 0 fully saturated rings. The summed E-state index contributed by atoms with van der Waals surface area (Å²) in [6, 6.07) is 0.529. The van der Waals surface area contributed by atoms with Gasteiger partial charge in [0.2, 0.25) is 5.91 Å². The van der Waals surface area contributed by atoms with Crippen molar-refractivity contribution < 1.29 is 9.53 Å². The zero-order chi connectivity index (χ0) is 14.0. The smallest absolute Gasteiger partial charge is 0.234 e. The van der Waals surface area contributed by atoms with Crippen molar-refractivity contribution in [1.29, 1.82) is 0 Å². The van der Waals surface area contributed by atoms with E-state index in [9.17, 15) is 4.79 Å². The molecule has 0 aliphatic heterocycles. The van der Waals surface area contributed by atoms with Gasteiger partial charge in [-0.1, -0.05) is 27.7 Å². The maximum Gasteiger partial charge on any atom is 0.234 e. The van der Waals surface area contributed by atoms with Crippen LogP contribution in [0.4, 0.5) is 0 Å². The number of rotatable bonds is 10. The number of hydrogen-bond donors (Lipinski definition) is 2. The summed E-state index contributed by atoms with van der Waals surface area (Å²) in [7, 11) is 0. The largest absolute Gasteiger partial charge is 0.380 e. The van der Waals surface area contributed by atoms with E-state index in [0.29, 0.717) is 31.7 Å². The van der Waals surface area contributed by atoms with Crippen LogP contribution in [0.1, 0.15) is 47.5 Å². The number of ether oxygens (including phenoxy) is 1. The van der Waals surface area contributed by atoms with E-state index >= 15 is 0 Å². The average molecular weight is 258 g/mol. The Kier molecular flexibility index (Phi) is 9.98. The van der Waals surface area contributed by atoms with Gasteiger partial charge < -0.3 is 15.4 Å². The fourth-order valence-corrected chi connectivity index (χ4v) is 1.73. The van der Waals surface area contributed by atoms with Gasteiger partial charge in [-0.15, -0.1) is 0 Å². The average Bonchev–Trinajstić information content (AvgIpc) is 2.35. The molecule has 4 heteroatoms. The first-order valence-electron chi connectivity index (χ1n) is 7.15. The molecule has 1 atom stereocenters. The Balaban J connectivity index is 3.98. The van der Waals surface area contributed by atoms with Crippen molar-refractivity contribution >= 4 is 5.91 Å². The first-order chi connectivity index (χ1) is 8.54. The van der Waals surface area contributed by atoms with Crippen LogP contribution in [0.25, 0.3) is 0 Å². The molecule has 0 aliphatic carbocycles. The molecule has 0 bridgehead atoms. The predicted molar refractivity (Wildman–Crippen MR) is 75.6 cm³/mol. The van der Waals surface area contributed by atoms with Gasteiger partial charge in [-0.3, -0.25) is 4.79 Å². The van der Waals surface area contributed by atoms with E-state index < -0.39 is 0 Å². The molecule has 1 unspecified atom stereocenters. The minimum atomic E-state index is 0.0749. The summed E-state index contributed by atoms with van der Waals surface area (Å²) in [5.74, 6) is 0.531. The monoisotopic (exact) mass is 258 g/mol. The summed E-state index contributed by atoms with van der Waals surface area (Å²) in [6.45, 7) is 12.2. The highest BCUT2D eigenvalue weighted by Gasteiger charge is 2.15. The molecule has 18 heavy (non-hydrogen) atoms. The van der Waals surface area contributed by atoms with E-state index in [1.165, 1.54) is 0 Å². The minimum Gasteiger partial charge on any atom is -0.380 e. The summed E-state index contributed by atoms with van der Waals surface area (Å²) in [6.07, 6.45) is 1.96. The number of amides is 1. The molecule has 0 radical (unpaired) electrons. The lowest BCUT2D eigenvalue weighted by Crippen LogP contribution is -2.46. The fraction of sp³-hybridized carbons (Fsp3) is 0.929. The SMILES string of the molecule is CCOCC(NCC(=O)NC(CC)CC)C(C)C. The molecule has 0 aliphatic rings. The number of carbonyl (C=O) groups excluding carboxylic acids is 1. The topological polar surface area (TPSA) is 50.4 Å². The highest BCUT2D eigenvalue weighted by Crippen LogP contribution is 2.02. The Labute approximate surface area is 112 Å². The molecule has 4 nitrogen and oxygen atoms in total. The van der Waals surface area contributed by atoms with Crippen LogP contribution in [0.15, 0.2) is 0 Å². The van der Waals surface area contributed by atoms with Gasteiger partial charge in [-0.05, 0) is 25.7 Å². The van der Waals surface area contributed by atoms with Crippen molar-refractivity contribution in [2.75, 3.05) is 19.8 Å². The third-order valence-corrected chi connectivity index (χ3v) is 3.18. The number of nitrogens with one attached hydrogen (secondary N) is 2. The summed E-state index contributed by atoms with van der Waals surface area (Å²) < 4.78 is 5.42. The van der Waals surface area contributed by atoms with E-state index in [2.05, 4.69) is 38.3 Å². The van der Waals surface area contributed by atoms with Crippen LogP contribution in [-0.2, 0) is 9.53 Å². The predicted octanol–water partition coefficient (Wildman–Crippen LogP) is 1.94. The van der Waals surface area contributed by atoms with Gasteiger partial charge in [0.05, 0.1) is 13.2 Å². The summed E-state index contributed by atoms with van der Waals surface area (Å²) in [5, 5.41) is 6.29. The zero-order valence-corrected chi connectivity index (χ0v) is 12.6. The first-order valence-corrected chi connectivity index (χ1v) is 7.15. The lowest BCUT2D eigenvalue weighted by atomic mass is 10.1. The molecule has 0 rings (SSSR count). The number of hydrogen-bond acceptors (Lipinski definition) is 3. The third-order valence-electron chi connectivity index (χ3n) is 3.18. The van der Waals surface area contributed by atoms with Crippen molar-refractivity contribution in [3.63, 3.8) is 0 Å². The Morgan fingerprint density at radius 1 is 1.17 bits per heavy atom. The lowest BCUT2D eigenvalue weighted by molar-refractivity contribution is -0.121. The van der Waals surface area contributed by atoms with Crippen LogP contribution < -0.4 is 10.6 Å². The van der Waals surface area contributed by atoms with E-state index in [4.69, 9.17) is 4.74 Å². The second kappa shape index (κ2) is 10.3. The molecular weight excluding hydrogens is 228 g/mol. The van der Waals surface area contributed by atoms with Crippen LogP contribution in [0.3, 0.4) is 0 Å². The Morgan fingerprint density at radius 3 is 2.22 bits per heavy atom. The van der Waals surface area contributed by atoms with Gasteiger partial charge in [0.25, 0.3) is 0 Å². The normalized spacial score (nSPS) is 13.1. The van der Waals surface area contributed by atoms with Gasteiger partial charge in [-0.2, -0.15) is 0 Å². The molecule has 0 saturated heterocycles. The van der Waals surface area contributed by atoms with Crippen molar-refractivity contribution in [2.45, 2.75) is 59.5 Å². The molecule has 1 amide bonds. The van der Waals surface area contributed by atoms with E-state index in [1.54, 1.807) is 0 Å². The summed E-state index contributed by atoms with van der Waals surface area (Å²) in [4.78, 5) is 11.8. The summed E-state index contributed by atoms with van der Waals surface area (Å²) in [5.41, 5.74) is 0. The van der Waals surface area contributed by atoms with Gasteiger partial charge >= 0.3 is 0 Å². The molecule has 0 heterocycles. The van der Waals surface area contributed by atoms with E-state index in [0.717, 1.165) is 12.8 Å². The zero-order valence-electron chi connectivity index (χ0n) is 12.6. The van der Waals surface area contributed by atoms with Gasteiger partial charge in [0, 0.05) is 18.7 Å². The molecule has 0 aromatic heterocycles. The maximum atomic E-state index is 11.8. The van der Waals surface area contributed by atoms with Gasteiger partial charge in [0.1, 0.15) is 0 Å². The molecular formula is C14H30N2O2. The molecule has 2 N–H and O–H groups in total. The van der Waals surface area contributed by atoms with Crippen molar-refractivity contribution in [3.05, 3.63) is 0 Å². The van der Waals surface area contributed by atoms with Crippen LogP contribution in [-0.4, -0.2) is 37.7 Å². The maximum absolute atomic E-state index is 11.8. The highest BCUT2D eigenvalue weighted by molar-refractivity contribution is 5.78. The van der Waals surface area contributed by atoms with Crippen LogP contribution in [0.5, 0.6) is 0 Å². The van der Waals surface area contributed by atoms with Crippen LogP contribution >= 0.6 is 0 Å². The molecule has 0 spiro atoms. The quantitative estimate of drug-likeness (QED) is 0.629. The summed E-state index contributed by atoms with van der Waals surface area (Å²) >= 11 is 0. The van der Waals surface area contributed by atoms with E-state index in [-0.39, 0.29) is 11.9 Å². The van der Waals surface area contributed by atoms with Gasteiger partial charge in [-0.25, -0.2) is 0 Å². The van der Waals surface area contributed by atoms with Crippen molar-refractivity contribution in [3.8, 4) is 0 Å². The van der Waals surface area contributed by atoms with E-state index in [1.807, 2.05) is 6.92 Å².